The standard InChI is InChI=1S/C25H30N4O2S/c1-18(24(30)28-13-11-20(12-14-28)16-19-6-3-2-4-7-19)32-25-27-26-23(21-9-10-21)29(25)17-22-8-5-15-31-22/h2-8,15,18,20-21H,9-14,16-17H2,1H3. The van der Waals surface area contributed by atoms with Crippen LogP contribution < -0.4 is 0 Å². The minimum atomic E-state index is -0.188. The average molecular weight is 451 g/mol. The minimum Gasteiger partial charge on any atom is -0.467 e. The molecule has 3 heterocycles. The molecule has 0 spiro atoms. The Morgan fingerprint density at radius 2 is 1.88 bits per heavy atom. The van der Waals surface area contributed by atoms with Gasteiger partial charge in [0.15, 0.2) is 5.16 Å². The number of carbonyl (C=O) groups is 1. The van der Waals surface area contributed by atoms with E-state index in [0.717, 1.165) is 61.9 Å². The first-order valence-corrected chi connectivity index (χ1v) is 12.5. The summed E-state index contributed by atoms with van der Waals surface area (Å²) < 4.78 is 7.69. The van der Waals surface area contributed by atoms with E-state index in [0.29, 0.717) is 18.4 Å². The SMILES string of the molecule is CC(Sc1nnc(C2CC2)n1Cc1ccco1)C(=O)N1CCC(Cc2ccccc2)CC1. The molecular weight excluding hydrogens is 420 g/mol. The monoisotopic (exact) mass is 450 g/mol. The third kappa shape index (κ3) is 4.93. The molecule has 32 heavy (non-hydrogen) atoms. The summed E-state index contributed by atoms with van der Waals surface area (Å²) in [6, 6.07) is 14.5. The van der Waals surface area contributed by atoms with Crippen molar-refractivity contribution in [3.05, 3.63) is 65.9 Å². The molecule has 1 aromatic carbocycles. The smallest absolute Gasteiger partial charge is 0.235 e. The summed E-state index contributed by atoms with van der Waals surface area (Å²) in [6.45, 7) is 4.28. The van der Waals surface area contributed by atoms with Crippen LogP contribution in [0, 0.1) is 5.92 Å². The zero-order valence-corrected chi connectivity index (χ0v) is 19.3. The van der Waals surface area contributed by atoms with E-state index in [4.69, 9.17) is 4.42 Å². The molecule has 2 aliphatic rings. The molecule has 2 aromatic heterocycles. The Morgan fingerprint density at radius 1 is 1.09 bits per heavy atom. The molecule has 168 valence electrons. The number of rotatable bonds is 8. The lowest BCUT2D eigenvalue weighted by Gasteiger charge is -2.33. The van der Waals surface area contributed by atoms with Gasteiger partial charge in [0.2, 0.25) is 5.91 Å². The number of hydrogen-bond acceptors (Lipinski definition) is 5. The second kappa shape index (κ2) is 9.53. The summed E-state index contributed by atoms with van der Waals surface area (Å²) in [5.74, 6) is 3.25. The average Bonchev–Trinajstić information content (AvgIpc) is 3.39. The number of likely N-dealkylation sites (tertiary alicyclic amines) is 1. The van der Waals surface area contributed by atoms with E-state index in [9.17, 15) is 4.79 Å². The van der Waals surface area contributed by atoms with Crippen LogP contribution in [0.3, 0.4) is 0 Å². The topological polar surface area (TPSA) is 64.2 Å². The highest BCUT2D eigenvalue weighted by molar-refractivity contribution is 8.00. The maximum Gasteiger partial charge on any atom is 0.235 e. The van der Waals surface area contributed by atoms with Crippen LogP contribution in [-0.2, 0) is 17.8 Å². The van der Waals surface area contributed by atoms with Crippen molar-refractivity contribution >= 4 is 17.7 Å². The van der Waals surface area contributed by atoms with Crippen molar-refractivity contribution in [2.75, 3.05) is 13.1 Å². The molecule has 0 bridgehead atoms. The Bertz CT molecular complexity index is 1020. The number of carbonyl (C=O) groups excluding carboxylic acids is 1. The second-order valence-corrected chi connectivity index (χ2v) is 10.3. The van der Waals surface area contributed by atoms with Crippen molar-refractivity contribution in [1.82, 2.24) is 19.7 Å². The highest BCUT2D eigenvalue weighted by Crippen LogP contribution is 2.40. The maximum absolute atomic E-state index is 13.2. The van der Waals surface area contributed by atoms with Crippen LogP contribution in [0.15, 0.2) is 58.3 Å². The number of aromatic nitrogens is 3. The van der Waals surface area contributed by atoms with Crippen LogP contribution in [0.25, 0.3) is 0 Å². The van der Waals surface area contributed by atoms with Crippen molar-refractivity contribution in [2.45, 2.75) is 61.9 Å². The van der Waals surface area contributed by atoms with Crippen molar-refractivity contribution in [3.63, 3.8) is 0 Å². The molecule has 5 rings (SSSR count). The van der Waals surface area contributed by atoms with Gasteiger partial charge in [0, 0.05) is 19.0 Å². The Hall–Kier alpha value is -2.54. The van der Waals surface area contributed by atoms with E-state index in [1.165, 1.54) is 17.3 Å². The van der Waals surface area contributed by atoms with Crippen molar-refractivity contribution in [2.24, 2.45) is 5.92 Å². The van der Waals surface area contributed by atoms with Crippen LogP contribution in [-0.4, -0.2) is 43.9 Å². The second-order valence-electron chi connectivity index (χ2n) is 9.00. The maximum atomic E-state index is 13.2. The molecule has 0 radical (unpaired) electrons. The summed E-state index contributed by atoms with van der Waals surface area (Å²) in [5, 5.41) is 9.53. The molecule has 3 aromatic rings. The van der Waals surface area contributed by atoms with Crippen LogP contribution in [0.1, 0.15) is 55.7 Å². The van der Waals surface area contributed by atoms with Gasteiger partial charge in [-0.15, -0.1) is 10.2 Å². The number of hydrogen-bond donors (Lipinski definition) is 0. The molecule has 6 nitrogen and oxygen atoms in total. The molecule has 1 saturated heterocycles. The first-order chi connectivity index (χ1) is 15.7. The van der Waals surface area contributed by atoms with Gasteiger partial charge in [-0.2, -0.15) is 0 Å². The zero-order valence-electron chi connectivity index (χ0n) is 18.5. The first-order valence-electron chi connectivity index (χ1n) is 11.6. The normalized spacial score (nSPS) is 18.1. The molecule has 0 N–H and O–H groups in total. The number of piperidine rings is 1. The quantitative estimate of drug-likeness (QED) is 0.463. The van der Waals surface area contributed by atoms with Gasteiger partial charge in [-0.1, -0.05) is 42.1 Å². The lowest BCUT2D eigenvalue weighted by Crippen LogP contribution is -2.42. The van der Waals surface area contributed by atoms with Crippen LogP contribution in [0.4, 0.5) is 0 Å². The predicted molar refractivity (Wildman–Crippen MR) is 125 cm³/mol. The molecule has 7 heteroatoms. The number of nitrogens with zero attached hydrogens (tertiary/aromatic N) is 4. The Kier molecular flexibility index (Phi) is 6.35. The van der Waals surface area contributed by atoms with E-state index >= 15 is 0 Å². The van der Waals surface area contributed by atoms with E-state index in [1.54, 1.807) is 6.26 Å². The number of furan rings is 1. The Morgan fingerprint density at radius 3 is 2.56 bits per heavy atom. The summed E-state index contributed by atoms with van der Waals surface area (Å²) in [7, 11) is 0. The number of benzene rings is 1. The largest absolute Gasteiger partial charge is 0.467 e. The van der Waals surface area contributed by atoms with E-state index in [1.807, 2.05) is 24.0 Å². The first kappa shape index (κ1) is 21.3. The molecule has 1 amide bonds. The lowest BCUT2D eigenvalue weighted by atomic mass is 9.90. The Balaban J connectivity index is 1.19. The third-order valence-corrected chi connectivity index (χ3v) is 7.57. The van der Waals surface area contributed by atoms with Gasteiger partial charge in [0.1, 0.15) is 11.6 Å². The molecule has 2 fully saturated rings. The molecule has 1 unspecified atom stereocenters. The minimum absolute atomic E-state index is 0.188. The van der Waals surface area contributed by atoms with Crippen molar-refractivity contribution in [1.29, 1.82) is 0 Å². The van der Waals surface area contributed by atoms with Gasteiger partial charge < -0.3 is 9.32 Å². The predicted octanol–water partition coefficient (Wildman–Crippen LogP) is 4.76. The van der Waals surface area contributed by atoms with Gasteiger partial charge >= 0.3 is 0 Å². The Labute approximate surface area is 193 Å². The van der Waals surface area contributed by atoms with Gasteiger partial charge in [-0.05, 0) is 62.6 Å². The fourth-order valence-corrected chi connectivity index (χ4v) is 5.45. The van der Waals surface area contributed by atoms with Gasteiger partial charge in [0.05, 0.1) is 18.1 Å². The van der Waals surface area contributed by atoms with Crippen molar-refractivity contribution < 1.29 is 9.21 Å². The number of thioether (sulfide) groups is 1. The van der Waals surface area contributed by atoms with Crippen LogP contribution >= 0.6 is 11.8 Å². The summed E-state index contributed by atoms with van der Waals surface area (Å²) in [5.41, 5.74) is 1.39. The summed E-state index contributed by atoms with van der Waals surface area (Å²) >= 11 is 1.52. The van der Waals surface area contributed by atoms with E-state index in [2.05, 4.69) is 45.1 Å². The molecule has 1 aliphatic heterocycles. The number of amides is 1. The highest BCUT2D eigenvalue weighted by Gasteiger charge is 2.32. The highest BCUT2D eigenvalue weighted by atomic mass is 32.2. The summed E-state index contributed by atoms with van der Waals surface area (Å²) in [6.07, 6.45) is 7.25. The van der Waals surface area contributed by atoms with Crippen LogP contribution in [0.5, 0.6) is 0 Å². The molecule has 1 aliphatic carbocycles. The van der Waals surface area contributed by atoms with Crippen LogP contribution in [0.2, 0.25) is 0 Å². The van der Waals surface area contributed by atoms with E-state index < -0.39 is 0 Å². The van der Waals surface area contributed by atoms with Gasteiger partial charge in [-0.3, -0.25) is 9.36 Å². The third-order valence-electron chi connectivity index (χ3n) is 6.51. The molecule has 1 atom stereocenters. The molecule has 1 saturated carbocycles. The van der Waals surface area contributed by atoms with E-state index in [-0.39, 0.29) is 11.2 Å². The summed E-state index contributed by atoms with van der Waals surface area (Å²) in [4.78, 5) is 15.2. The molecular formula is C25H30N4O2S. The zero-order chi connectivity index (χ0) is 21.9. The van der Waals surface area contributed by atoms with Crippen molar-refractivity contribution in [3.8, 4) is 0 Å². The fraction of sp³-hybridized carbons (Fsp3) is 0.480. The van der Waals surface area contributed by atoms with Gasteiger partial charge in [-0.25, -0.2) is 0 Å². The fourth-order valence-electron chi connectivity index (χ4n) is 4.51. The lowest BCUT2D eigenvalue weighted by molar-refractivity contribution is -0.131. The van der Waals surface area contributed by atoms with Gasteiger partial charge in [0.25, 0.3) is 0 Å².